The van der Waals surface area contributed by atoms with Crippen molar-refractivity contribution < 1.29 is 19.4 Å². The second kappa shape index (κ2) is 3.93. The van der Waals surface area contributed by atoms with Gasteiger partial charge in [-0.2, -0.15) is 0 Å². The molecule has 4 heteroatoms. The molecule has 0 aromatic carbocycles. The first kappa shape index (κ1) is 14.3. The molecule has 1 N–H and O–H groups in total. The molecule has 4 nitrogen and oxygen atoms in total. The number of ether oxygens (including phenoxy) is 2. The highest BCUT2D eigenvalue weighted by molar-refractivity contribution is 5.78. The zero-order valence-corrected chi connectivity index (χ0v) is 14.3. The number of aliphatic hydroxyl groups is 1. The molecule has 5 aliphatic carbocycles. The Bertz CT molecular complexity index is 673. The normalized spacial score (nSPS) is 63.1. The molecule has 3 saturated heterocycles. The molecule has 3 heterocycles. The lowest BCUT2D eigenvalue weighted by Crippen LogP contribution is -2.80. The first-order valence-corrected chi connectivity index (χ1v) is 9.68. The average molecular weight is 330 g/mol. The SMILES string of the molecule is C=C1[C@H]2CC[C@@]3([C@H]4C[C@H]5[C@@]6(CCC[C@@]5(C)C(=O)OC6O4)[C@@H]3C2)[C@H]1O. The van der Waals surface area contributed by atoms with E-state index in [2.05, 4.69) is 13.5 Å². The van der Waals surface area contributed by atoms with Crippen LogP contribution in [0.2, 0.25) is 0 Å². The van der Waals surface area contributed by atoms with E-state index in [0.29, 0.717) is 17.8 Å². The molecular weight excluding hydrogens is 304 g/mol. The zero-order valence-electron chi connectivity index (χ0n) is 14.3. The van der Waals surface area contributed by atoms with Gasteiger partial charge in [0.25, 0.3) is 0 Å². The summed E-state index contributed by atoms with van der Waals surface area (Å²) in [5, 5.41) is 11.2. The van der Waals surface area contributed by atoms with E-state index in [9.17, 15) is 9.90 Å². The molecule has 0 amide bonds. The Labute approximate surface area is 142 Å². The Morgan fingerprint density at radius 2 is 2.00 bits per heavy atom. The van der Waals surface area contributed by atoms with Gasteiger partial charge in [0, 0.05) is 10.8 Å². The Kier molecular flexibility index (Phi) is 2.35. The second-order valence-corrected chi connectivity index (χ2v) is 9.65. The van der Waals surface area contributed by atoms with Crippen molar-refractivity contribution in [2.45, 2.75) is 70.4 Å². The van der Waals surface area contributed by atoms with Crippen molar-refractivity contribution in [1.82, 2.24) is 0 Å². The van der Waals surface area contributed by atoms with Gasteiger partial charge in [0.2, 0.25) is 6.29 Å². The molecule has 9 atom stereocenters. The summed E-state index contributed by atoms with van der Waals surface area (Å²) in [6.45, 7) is 6.36. The van der Waals surface area contributed by atoms with Crippen LogP contribution in [0.15, 0.2) is 12.2 Å². The maximum atomic E-state index is 12.7. The summed E-state index contributed by atoms with van der Waals surface area (Å²) >= 11 is 0. The van der Waals surface area contributed by atoms with Crippen LogP contribution in [0.1, 0.15) is 51.9 Å². The third-order valence-corrected chi connectivity index (χ3v) is 9.31. The first-order chi connectivity index (χ1) is 11.4. The van der Waals surface area contributed by atoms with E-state index in [0.717, 1.165) is 50.5 Å². The standard InChI is InChI=1S/C20H26O4/c1-10-11-4-7-20(15(10)21)13(8-11)19-6-3-5-18(2)12(19)9-14(20)23-17(19)24-16(18)22/h11-15,17,21H,1,3-9H2,2H3/t11-,12+,13-,14+,15-,17?,18+,19-,20+/m0/s1. The molecule has 0 aromatic rings. The molecule has 1 unspecified atom stereocenters. The summed E-state index contributed by atoms with van der Waals surface area (Å²) in [5.74, 6) is 1.16. The fraction of sp³-hybridized carbons (Fsp3) is 0.850. The van der Waals surface area contributed by atoms with Crippen molar-refractivity contribution >= 4 is 5.97 Å². The van der Waals surface area contributed by atoms with Crippen LogP contribution in [0.5, 0.6) is 0 Å². The van der Waals surface area contributed by atoms with E-state index in [1.807, 2.05) is 0 Å². The molecule has 8 rings (SSSR count). The van der Waals surface area contributed by atoms with E-state index in [1.165, 1.54) is 0 Å². The van der Waals surface area contributed by atoms with E-state index in [4.69, 9.17) is 9.47 Å². The summed E-state index contributed by atoms with van der Waals surface area (Å²) in [5.41, 5.74) is 0.430. The van der Waals surface area contributed by atoms with Crippen LogP contribution in [-0.4, -0.2) is 29.6 Å². The van der Waals surface area contributed by atoms with Crippen molar-refractivity contribution in [3.05, 3.63) is 12.2 Å². The van der Waals surface area contributed by atoms with Gasteiger partial charge in [0.15, 0.2) is 0 Å². The Morgan fingerprint density at radius 1 is 1.17 bits per heavy atom. The Morgan fingerprint density at radius 3 is 2.83 bits per heavy atom. The number of hydrogen-bond acceptors (Lipinski definition) is 4. The highest BCUT2D eigenvalue weighted by Crippen LogP contribution is 2.77. The molecule has 130 valence electrons. The van der Waals surface area contributed by atoms with Crippen molar-refractivity contribution in [2.75, 3.05) is 0 Å². The summed E-state index contributed by atoms with van der Waals surface area (Å²) in [6, 6.07) is 0. The largest absolute Gasteiger partial charge is 0.435 e. The van der Waals surface area contributed by atoms with E-state index in [1.54, 1.807) is 0 Å². The monoisotopic (exact) mass is 330 g/mol. The number of hydrogen-bond donors (Lipinski definition) is 1. The van der Waals surface area contributed by atoms with Gasteiger partial charge in [-0.1, -0.05) is 13.0 Å². The fourth-order valence-corrected chi connectivity index (χ4v) is 8.29. The number of esters is 1. The molecule has 5 saturated carbocycles. The summed E-state index contributed by atoms with van der Waals surface area (Å²) < 4.78 is 12.3. The summed E-state index contributed by atoms with van der Waals surface area (Å²) in [4.78, 5) is 12.7. The van der Waals surface area contributed by atoms with Gasteiger partial charge < -0.3 is 14.6 Å². The number of rotatable bonds is 0. The molecular formula is C20H26O4. The van der Waals surface area contributed by atoms with E-state index < -0.39 is 6.10 Å². The van der Waals surface area contributed by atoms with Gasteiger partial charge in [0.1, 0.15) is 0 Å². The van der Waals surface area contributed by atoms with Gasteiger partial charge in [-0.3, -0.25) is 4.79 Å². The fourth-order valence-electron chi connectivity index (χ4n) is 8.29. The van der Waals surface area contributed by atoms with Gasteiger partial charge in [-0.25, -0.2) is 0 Å². The minimum Gasteiger partial charge on any atom is -0.435 e. The lowest BCUT2D eigenvalue weighted by Gasteiger charge is -2.77. The number of carbonyl (C=O) groups is 1. The summed E-state index contributed by atoms with van der Waals surface area (Å²) in [7, 11) is 0. The van der Waals surface area contributed by atoms with Crippen molar-refractivity contribution in [3.63, 3.8) is 0 Å². The topological polar surface area (TPSA) is 55.8 Å². The van der Waals surface area contributed by atoms with Gasteiger partial charge >= 0.3 is 5.97 Å². The molecule has 0 radical (unpaired) electrons. The van der Waals surface area contributed by atoms with Crippen LogP contribution in [0.3, 0.4) is 0 Å². The van der Waals surface area contributed by atoms with Crippen molar-refractivity contribution in [2.24, 2.45) is 34.0 Å². The molecule has 24 heavy (non-hydrogen) atoms. The van der Waals surface area contributed by atoms with Crippen LogP contribution >= 0.6 is 0 Å². The smallest absolute Gasteiger partial charge is 0.314 e. The molecule has 3 aliphatic heterocycles. The first-order valence-electron chi connectivity index (χ1n) is 9.68. The van der Waals surface area contributed by atoms with Gasteiger partial charge in [-0.15, -0.1) is 0 Å². The third-order valence-electron chi connectivity index (χ3n) is 9.31. The minimum absolute atomic E-state index is 0.0119. The van der Waals surface area contributed by atoms with Crippen LogP contribution in [0.25, 0.3) is 0 Å². The average Bonchev–Trinajstić information content (AvgIpc) is 2.58. The minimum atomic E-state index is -0.443. The molecule has 0 aromatic heterocycles. The number of fused-ring (bicyclic) bond motifs is 2. The number of aliphatic hydroxyl groups excluding tert-OH is 1. The molecule has 8 fully saturated rings. The van der Waals surface area contributed by atoms with Gasteiger partial charge in [0.05, 0.1) is 17.6 Å². The predicted octanol–water partition coefficient (Wildman–Crippen LogP) is 2.80. The second-order valence-electron chi connectivity index (χ2n) is 9.65. The summed E-state index contributed by atoms with van der Waals surface area (Å²) in [6.07, 6.45) is 6.47. The Balaban J connectivity index is 1.57. The number of carbonyl (C=O) groups excluding carboxylic acids is 1. The van der Waals surface area contributed by atoms with E-state index >= 15 is 0 Å². The maximum absolute atomic E-state index is 12.7. The van der Waals surface area contributed by atoms with Crippen molar-refractivity contribution in [1.29, 1.82) is 0 Å². The maximum Gasteiger partial charge on any atom is 0.314 e. The Hall–Kier alpha value is -0.870. The lowest BCUT2D eigenvalue weighted by atomic mass is 9.33. The van der Waals surface area contributed by atoms with Crippen LogP contribution < -0.4 is 0 Å². The third kappa shape index (κ3) is 1.18. The quantitative estimate of drug-likeness (QED) is 0.548. The van der Waals surface area contributed by atoms with Crippen LogP contribution in [0, 0.1) is 34.0 Å². The molecule has 7 bridgehead atoms. The molecule has 2 spiro atoms. The van der Waals surface area contributed by atoms with Crippen LogP contribution in [0.4, 0.5) is 0 Å². The van der Waals surface area contributed by atoms with E-state index in [-0.39, 0.29) is 34.6 Å². The van der Waals surface area contributed by atoms with Crippen LogP contribution in [-0.2, 0) is 14.3 Å². The van der Waals surface area contributed by atoms with Crippen molar-refractivity contribution in [3.8, 4) is 0 Å². The van der Waals surface area contributed by atoms with Gasteiger partial charge in [-0.05, 0) is 68.8 Å². The lowest BCUT2D eigenvalue weighted by molar-refractivity contribution is -0.416. The predicted molar refractivity (Wildman–Crippen MR) is 85.7 cm³/mol. The highest BCUT2D eigenvalue weighted by atomic mass is 16.7. The zero-order chi connectivity index (χ0) is 16.5. The molecule has 8 aliphatic rings. The highest BCUT2D eigenvalue weighted by Gasteiger charge is 2.80.